The molecular formula is C60H85N3O9. The van der Waals surface area contributed by atoms with Gasteiger partial charge in [-0.25, -0.2) is 0 Å². The summed E-state index contributed by atoms with van der Waals surface area (Å²) >= 11 is 0. The molecule has 2 aromatic carbocycles. The maximum atomic E-state index is 13.4. The summed E-state index contributed by atoms with van der Waals surface area (Å²) in [5.41, 5.74) is 5.60. The van der Waals surface area contributed by atoms with E-state index in [0.717, 1.165) is 77.1 Å². The van der Waals surface area contributed by atoms with Gasteiger partial charge in [0.2, 0.25) is 17.7 Å². The first kappa shape index (κ1) is 55.2. The van der Waals surface area contributed by atoms with Crippen LogP contribution in [0, 0.1) is 58.2 Å². The van der Waals surface area contributed by atoms with Gasteiger partial charge in [0.05, 0.1) is 71.5 Å². The van der Waals surface area contributed by atoms with Crippen molar-refractivity contribution in [2.75, 3.05) is 70.8 Å². The van der Waals surface area contributed by atoms with E-state index < -0.39 is 0 Å². The first-order chi connectivity index (χ1) is 34.9. The monoisotopic (exact) mass is 992 g/mol. The molecule has 4 aliphatic carbocycles. The van der Waals surface area contributed by atoms with Gasteiger partial charge in [0.1, 0.15) is 6.10 Å². The van der Waals surface area contributed by atoms with Crippen molar-refractivity contribution < 1.29 is 42.9 Å². The number of rotatable bonds is 27. The van der Waals surface area contributed by atoms with E-state index in [0.29, 0.717) is 77.9 Å². The number of nitrogens with zero attached hydrogens (tertiary/aromatic N) is 1. The number of fused-ring (bicyclic) bond motifs is 7. The smallest absolute Gasteiger partial charge is 0.306 e. The molecule has 0 saturated heterocycles. The maximum Gasteiger partial charge on any atom is 0.306 e. The molecule has 1 heterocycles. The fraction of sp³-hybridized carbons (Fsp3) is 0.667. The van der Waals surface area contributed by atoms with Crippen LogP contribution >= 0.6 is 0 Å². The Balaban J connectivity index is 0.654. The lowest BCUT2D eigenvalue weighted by molar-refractivity contribution is -0.152. The Bertz CT molecular complexity index is 2220. The normalized spacial score (nSPS) is 25.4. The average molecular weight is 992 g/mol. The van der Waals surface area contributed by atoms with Crippen LogP contribution in [0.4, 0.5) is 5.69 Å². The number of para-hydroxylation sites is 1. The fourth-order valence-corrected chi connectivity index (χ4v) is 13.2. The number of allylic oxidation sites excluding steroid dienone is 1. The molecule has 7 rings (SSSR count). The standard InChI is InChI=1S/C60H85N3O9/c1-43(2)11-10-12-44(3)51-21-22-52-50-20-19-48-41-49(27-29-59(48,4)53(50)28-30-60(51,52)5)72-58(67)26-24-56(65)62-32-34-69-36-38-71-40-39-70-37-35-68-33-31-61-55(64)23-25-57(66)63-42-47-15-7-6-13-45(47)17-18-46-14-8-9-16-54(46)63/h6-9,13-16,19,43-44,49-53H,10-12,20-42H2,1-5H3,(H,61,64)(H,62,65)/t44-,49?,50+,51-,52+,53+,59+,60-/m1/s1. The lowest BCUT2D eigenvalue weighted by Crippen LogP contribution is -2.51. The number of nitrogens with one attached hydrogen (secondary N) is 2. The molecule has 1 aliphatic heterocycles. The molecule has 0 spiro atoms. The number of carbonyl (C=O) groups is 4. The van der Waals surface area contributed by atoms with E-state index in [2.05, 4.69) is 63.2 Å². The van der Waals surface area contributed by atoms with Gasteiger partial charge in [0, 0.05) is 49.9 Å². The largest absolute Gasteiger partial charge is 0.462 e. The molecule has 394 valence electrons. The van der Waals surface area contributed by atoms with E-state index >= 15 is 0 Å². The zero-order chi connectivity index (χ0) is 50.9. The number of benzene rings is 2. The quantitative estimate of drug-likeness (QED) is 0.0387. The van der Waals surface area contributed by atoms with Crippen molar-refractivity contribution >= 4 is 29.4 Å². The van der Waals surface area contributed by atoms with Gasteiger partial charge in [-0.05, 0) is 115 Å². The Morgan fingerprint density at radius 2 is 1.32 bits per heavy atom. The minimum atomic E-state index is -0.288. The Kier molecular flexibility index (Phi) is 20.8. The van der Waals surface area contributed by atoms with Crippen LogP contribution in [0.15, 0.2) is 60.2 Å². The third-order valence-corrected chi connectivity index (χ3v) is 17.1. The van der Waals surface area contributed by atoms with Gasteiger partial charge in [-0.15, -0.1) is 0 Å². The predicted molar refractivity (Wildman–Crippen MR) is 281 cm³/mol. The number of ether oxygens (including phenoxy) is 5. The summed E-state index contributed by atoms with van der Waals surface area (Å²) in [6.45, 7) is 16.6. The molecule has 12 heteroatoms. The molecule has 0 aromatic heterocycles. The second-order valence-electron chi connectivity index (χ2n) is 22.2. The number of hydrogen-bond acceptors (Lipinski definition) is 9. The Morgan fingerprint density at radius 1 is 0.694 bits per heavy atom. The summed E-state index contributed by atoms with van der Waals surface area (Å²) in [4.78, 5) is 53.0. The summed E-state index contributed by atoms with van der Waals surface area (Å²) in [7, 11) is 0. The van der Waals surface area contributed by atoms with Crippen LogP contribution in [0.1, 0.15) is 148 Å². The van der Waals surface area contributed by atoms with Crippen molar-refractivity contribution in [2.24, 2.45) is 46.3 Å². The molecule has 2 N–H and O–H groups in total. The third-order valence-electron chi connectivity index (χ3n) is 17.1. The fourth-order valence-electron chi connectivity index (χ4n) is 13.2. The molecule has 12 nitrogen and oxygen atoms in total. The summed E-state index contributed by atoms with van der Waals surface area (Å²) < 4.78 is 28.3. The van der Waals surface area contributed by atoms with Crippen LogP contribution in [0.3, 0.4) is 0 Å². The minimum absolute atomic E-state index is 0.0770. The number of carbonyl (C=O) groups excluding carboxylic acids is 4. The Labute approximate surface area is 430 Å². The van der Waals surface area contributed by atoms with E-state index in [-0.39, 0.29) is 60.9 Å². The van der Waals surface area contributed by atoms with Gasteiger partial charge in [0.15, 0.2) is 0 Å². The number of hydrogen-bond donors (Lipinski definition) is 2. The SMILES string of the molecule is CC(C)CCC[C@@H](C)[C@H]1CC[C@H]2[C@@H]3CC=C4CC(OC(=O)CCC(=O)NCCOCCOCCOCCOCCNC(=O)CCC(=O)N5Cc6ccccc6C#Cc6ccccc65)CC[C@]4(C)[C@H]3CC[C@]12C. The lowest BCUT2D eigenvalue weighted by Gasteiger charge is -2.58. The molecular weight excluding hydrogens is 907 g/mol. The molecule has 3 amide bonds. The van der Waals surface area contributed by atoms with Gasteiger partial charge < -0.3 is 39.2 Å². The van der Waals surface area contributed by atoms with E-state index in [4.69, 9.17) is 23.7 Å². The first-order valence-electron chi connectivity index (χ1n) is 27.6. The van der Waals surface area contributed by atoms with E-state index in [1.165, 1.54) is 56.9 Å². The van der Waals surface area contributed by atoms with Crippen molar-refractivity contribution in [3.05, 3.63) is 76.9 Å². The highest BCUT2D eigenvalue weighted by atomic mass is 16.6. The van der Waals surface area contributed by atoms with Crippen LogP contribution < -0.4 is 15.5 Å². The minimum Gasteiger partial charge on any atom is -0.462 e. The summed E-state index contributed by atoms with van der Waals surface area (Å²) in [5, 5.41) is 5.66. The van der Waals surface area contributed by atoms with E-state index in [1.807, 2.05) is 48.5 Å². The van der Waals surface area contributed by atoms with Crippen LogP contribution in [0.2, 0.25) is 0 Å². The molecule has 5 aliphatic rings. The van der Waals surface area contributed by atoms with Gasteiger partial charge in [-0.1, -0.05) is 108 Å². The van der Waals surface area contributed by atoms with Gasteiger partial charge in [-0.3, -0.25) is 19.2 Å². The van der Waals surface area contributed by atoms with Crippen molar-refractivity contribution in [3.63, 3.8) is 0 Å². The van der Waals surface area contributed by atoms with Crippen molar-refractivity contribution in [2.45, 2.75) is 144 Å². The molecule has 2 aromatic rings. The van der Waals surface area contributed by atoms with E-state index in [9.17, 15) is 19.2 Å². The zero-order valence-corrected chi connectivity index (χ0v) is 44.2. The second kappa shape index (κ2) is 27.1. The topological polar surface area (TPSA) is 142 Å². The number of amides is 3. The predicted octanol–water partition coefficient (Wildman–Crippen LogP) is 9.75. The van der Waals surface area contributed by atoms with Crippen molar-refractivity contribution in [3.8, 4) is 11.8 Å². The van der Waals surface area contributed by atoms with Crippen molar-refractivity contribution in [1.82, 2.24) is 10.6 Å². The summed E-state index contributed by atoms with van der Waals surface area (Å²) in [6, 6.07) is 15.4. The molecule has 8 atom stereocenters. The molecule has 72 heavy (non-hydrogen) atoms. The zero-order valence-electron chi connectivity index (χ0n) is 44.2. The second-order valence-corrected chi connectivity index (χ2v) is 22.2. The Morgan fingerprint density at radius 3 is 2.01 bits per heavy atom. The highest BCUT2D eigenvalue weighted by Crippen LogP contribution is 2.67. The first-order valence-corrected chi connectivity index (χ1v) is 27.6. The van der Waals surface area contributed by atoms with Crippen LogP contribution in [0.25, 0.3) is 0 Å². The van der Waals surface area contributed by atoms with Gasteiger partial charge in [-0.2, -0.15) is 0 Å². The van der Waals surface area contributed by atoms with Crippen LogP contribution in [-0.4, -0.2) is 95.7 Å². The van der Waals surface area contributed by atoms with Gasteiger partial charge in [0.25, 0.3) is 0 Å². The maximum absolute atomic E-state index is 13.4. The van der Waals surface area contributed by atoms with E-state index in [1.54, 1.807) is 4.90 Å². The highest BCUT2D eigenvalue weighted by molar-refractivity contribution is 5.97. The average Bonchev–Trinajstić information content (AvgIpc) is 3.73. The summed E-state index contributed by atoms with van der Waals surface area (Å²) in [6.07, 6.45) is 16.4. The Hall–Kier alpha value is -4.54. The summed E-state index contributed by atoms with van der Waals surface area (Å²) in [5.74, 6) is 10.4. The third kappa shape index (κ3) is 14.8. The molecule has 1 unspecified atom stereocenters. The molecule has 3 saturated carbocycles. The molecule has 3 fully saturated rings. The van der Waals surface area contributed by atoms with Crippen LogP contribution in [0.5, 0.6) is 0 Å². The highest BCUT2D eigenvalue weighted by Gasteiger charge is 2.59. The number of esters is 1. The number of anilines is 1. The lowest BCUT2D eigenvalue weighted by atomic mass is 9.47. The molecule has 0 radical (unpaired) electrons. The molecule has 0 bridgehead atoms. The van der Waals surface area contributed by atoms with Crippen LogP contribution in [-0.2, 0) is 49.4 Å². The van der Waals surface area contributed by atoms with Gasteiger partial charge >= 0.3 is 5.97 Å². The van der Waals surface area contributed by atoms with Crippen molar-refractivity contribution in [1.29, 1.82) is 0 Å².